The van der Waals surface area contributed by atoms with Gasteiger partial charge in [0.15, 0.2) is 12.4 Å². The lowest BCUT2D eigenvalue weighted by Crippen LogP contribution is -2.59. The Bertz CT molecular complexity index is 1180. The van der Waals surface area contributed by atoms with Crippen molar-refractivity contribution in [1.82, 2.24) is 0 Å². The van der Waals surface area contributed by atoms with Crippen LogP contribution in [-0.4, -0.2) is 89.0 Å². The summed E-state index contributed by atoms with van der Waals surface area (Å²) in [6, 6.07) is 0. The lowest BCUT2D eigenvalue weighted by Gasteiger charge is -2.39. The van der Waals surface area contributed by atoms with Crippen molar-refractivity contribution >= 4 is 11.9 Å². The summed E-state index contributed by atoms with van der Waals surface area (Å²) in [7, 11) is 0. The first-order chi connectivity index (χ1) is 29.8. The number of rotatable bonds is 40. The van der Waals surface area contributed by atoms with E-state index in [2.05, 4.69) is 68.5 Å². The summed E-state index contributed by atoms with van der Waals surface area (Å²) in [5.74, 6) is -0.898. The Morgan fingerprint density at radius 2 is 0.934 bits per heavy atom. The molecule has 352 valence electrons. The largest absolute Gasteiger partial charge is 0.462 e. The highest BCUT2D eigenvalue weighted by atomic mass is 16.7. The highest BCUT2D eigenvalue weighted by Gasteiger charge is 2.44. The highest BCUT2D eigenvalue weighted by Crippen LogP contribution is 2.22. The molecule has 0 aromatic rings. The first-order valence-corrected chi connectivity index (χ1v) is 24.4. The monoisotopic (exact) mass is 861 g/mol. The van der Waals surface area contributed by atoms with E-state index in [4.69, 9.17) is 18.9 Å². The molecule has 0 bridgehead atoms. The van der Waals surface area contributed by atoms with Crippen molar-refractivity contribution in [3.63, 3.8) is 0 Å². The third kappa shape index (κ3) is 32.7. The van der Waals surface area contributed by atoms with Gasteiger partial charge in [0.2, 0.25) is 0 Å². The average molecular weight is 861 g/mol. The Hall–Kier alpha value is -2.60. The molecule has 1 fully saturated rings. The van der Waals surface area contributed by atoms with E-state index in [1.807, 2.05) is 6.08 Å². The number of esters is 2. The first kappa shape index (κ1) is 56.4. The molecular weight excluding hydrogens is 773 g/mol. The predicted molar refractivity (Wildman–Crippen MR) is 247 cm³/mol. The lowest BCUT2D eigenvalue weighted by molar-refractivity contribution is -0.305. The molecule has 0 aromatic heterocycles. The van der Waals surface area contributed by atoms with Crippen LogP contribution in [0.4, 0.5) is 0 Å². The van der Waals surface area contributed by atoms with Gasteiger partial charge in [-0.15, -0.1) is 0 Å². The number of carbonyl (C=O) groups excluding carboxylic acids is 2. The number of unbranched alkanes of at least 4 members (excludes halogenated alkanes) is 19. The summed E-state index contributed by atoms with van der Waals surface area (Å²) in [5, 5.41) is 40.1. The van der Waals surface area contributed by atoms with E-state index >= 15 is 0 Å². The van der Waals surface area contributed by atoms with Crippen LogP contribution in [-0.2, 0) is 28.5 Å². The predicted octanol–water partition coefficient (Wildman–Crippen LogP) is 11.0. The zero-order valence-electron chi connectivity index (χ0n) is 38.4. The van der Waals surface area contributed by atoms with Gasteiger partial charge in [-0.25, -0.2) is 0 Å². The number of hydrogen-bond acceptors (Lipinski definition) is 10. The molecule has 0 aromatic carbocycles. The molecule has 1 rings (SSSR count). The maximum absolute atomic E-state index is 12.8. The molecule has 0 radical (unpaired) electrons. The van der Waals surface area contributed by atoms with Crippen molar-refractivity contribution < 1.29 is 49.0 Å². The average Bonchev–Trinajstić information content (AvgIpc) is 3.26. The molecule has 1 aliphatic rings. The minimum atomic E-state index is -1.61. The number of ether oxygens (including phenoxy) is 4. The number of carbonyl (C=O) groups is 2. The molecule has 2 unspecified atom stereocenters. The molecule has 0 saturated carbocycles. The molecule has 1 saturated heterocycles. The topological polar surface area (TPSA) is 152 Å². The van der Waals surface area contributed by atoms with Crippen LogP contribution in [0.5, 0.6) is 0 Å². The Labute approximate surface area is 370 Å². The van der Waals surface area contributed by atoms with Crippen molar-refractivity contribution in [2.24, 2.45) is 0 Å². The second-order valence-electron chi connectivity index (χ2n) is 16.6. The number of allylic oxidation sites excluding steroid dienone is 10. The van der Waals surface area contributed by atoms with Crippen molar-refractivity contribution in [2.75, 3.05) is 19.8 Å². The number of aliphatic hydroxyl groups excluding tert-OH is 4. The van der Waals surface area contributed by atoms with Gasteiger partial charge in [-0.2, -0.15) is 0 Å². The highest BCUT2D eigenvalue weighted by molar-refractivity contribution is 5.70. The lowest BCUT2D eigenvalue weighted by atomic mass is 9.99. The molecule has 6 atom stereocenters. The molecule has 10 nitrogen and oxygen atoms in total. The summed E-state index contributed by atoms with van der Waals surface area (Å²) in [6.07, 6.45) is 43.8. The number of aliphatic hydroxyl groups is 4. The van der Waals surface area contributed by atoms with Gasteiger partial charge < -0.3 is 39.4 Å². The minimum absolute atomic E-state index is 0.148. The molecule has 1 heterocycles. The second-order valence-corrected chi connectivity index (χ2v) is 16.6. The van der Waals surface area contributed by atoms with Gasteiger partial charge in [0, 0.05) is 12.8 Å². The van der Waals surface area contributed by atoms with Gasteiger partial charge in [-0.05, 0) is 77.0 Å². The Morgan fingerprint density at radius 1 is 0.508 bits per heavy atom. The molecule has 10 heteroatoms. The molecular formula is C51H88O10. The van der Waals surface area contributed by atoms with Crippen LogP contribution in [0, 0.1) is 0 Å². The maximum Gasteiger partial charge on any atom is 0.306 e. The van der Waals surface area contributed by atoms with Crippen LogP contribution in [0.15, 0.2) is 60.8 Å². The molecule has 0 spiro atoms. The van der Waals surface area contributed by atoms with E-state index < -0.39 is 55.4 Å². The second kappa shape index (κ2) is 41.4. The van der Waals surface area contributed by atoms with E-state index in [1.165, 1.54) is 109 Å². The third-order valence-electron chi connectivity index (χ3n) is 10.9. The summed E-state index contributed by atoms with van der Waals surface area (Å²) in [6.45, 7) is 3.35. The van der Waals surface area contributed by atoms with Crippen molar-refractivity contribution in [3.8, 4) is 0 Å². The fraction of sp³-hybridized carbons (Fsp3) is 0.765. The fourth-order valence-corrected chi connectivity index (χ4v) is 7.00. The quantitative estimate of drug-likeness (QED) is 0.0266. The fourth-order valence-electron chi connectivity index (χ4n) is 7.00. The van der Waals surface area contributed by atoms with Gasteiger partial charge in [-0.3, -0.25) is 9.59 Å². The molecule has 1 aliphatic heterocycles. The zero-order valence-corrected chi connectivity index (χ0v) is 38.4. The summed E-state index contributed by atoms with van der Waals surface area (Å²) < 4.78 is 22.1. The number of hydrogen-bond donors (Lipinski definition) is 4. The molecule has 0 aliphatic carbocycles. The standard InChI is InChI=1S/C51H88O10/c1-3-5-7-9-11-13-15-17-19-20-21-22-23-24-26-28-30-32-34-36-38-40-47(54)60-44(43-59-51-50(57)49(56)48(55)45(41-52)61-51)42-58-46(53)39-37-35-33-31-29-27-25-18-16-14-12-10-8-6-4-2/h19-20,22-23,26,28-29,31-32,34,44-45,48-52,55-57H,3-18,21,24-25,27,30,33,35-43H2,1-2H3/b20-19+,23-22+,28-26+,31-29+,34-32+/t44-,45-,48+,49?,50?,51-/m1/s1. The smallest absolute Gasteiger partial charge is 0.306 e. The molecule has 0 amide bonds. The SMILES string of the molecule is CCCCCCCCC/C=C/C/C=C/C/C=C/C/C=C/CCCC(=O)O[C@H](COC(=O)CCCC/C=C/CCCCCCCCCCC)CO[C@@H]1O[C@H](CO)[C@H](O)C(O)C1O. The molecule has 4 N–H and O–H groups in total. The summed E-state index contributed by atoms with van der Waals surface area (Å²) in [4.78, 5) is 25.3. The van der Waals surface area contributed by atoms with E-state index in [9.17, 15) is 30.0 Å². The van der Waals surface area contributed by atoms with E-state index in [1.54, 1.807) is 0 Å². The first-order valence-electron chi connectivity index (χ1n) is 24.4. The minimum Gasteiger partial charge on any atom is -0.462 e. The van der Waals surface area contributed by atoms with Gasteiger partial charge in [0.1, 0.15) is 31.0 Å². The van der Waals surface area contributed by atoms with Crippen LogP contribution < -0.4 is 0 Å². The van der Waals surface area contributed by atoms with E-state index in [-0.39, 0.29) is 26.1 Å². The maximum atomic E-state index is 12.8. The Morgan fingerprint density at radius 3 is 1.44 bits per heavy atom. The van der Waals surface area contributed by atoms with Crippen LogP contribution in [0.1, 0.15) is 194 Å². The third-order valence-corrected chi connectivity index (χ3v) is 10.9. The van der Waals surface area contributed by atoms with Crippen molar-refractivity contribution in [3.05, 3.63) is 60.8 Å². The van der Waals surface area contributed by atoms with Crippen LogP contribution >= 0.6 is 0 Å². The zero-order chi connectivity index (χ0) is 44.4. The summed E-state index contributed by atoms with van der Waals surface area (Å²) in [5.41, 5.74) is 0. The van der Waals surface area contributed by atoms with E-state index in [0.717, 1.165) is 38.5 Å². The van der Waals surface area contributed by atoms with Crippen molar-refractivity contribution in [2.45, 2.75) is 230 Å². The van der Waals surface area contributed by atoms with Gasteiger partial charge in [0.05, 0.1) is 13.2 Å². The Kier molecular flexibility index (Phi) is 38.3. The van der Waals surface area contributed by atoms with Crippen LogP contribution in [0.2, 0.25) is 0 Å². The van der Waals surface area contributed by atoms with Crippen LogP contribution in [0.3, 0.4) is 0 Å². The van der Waals surface area contributed by atoms with Gasteiger partial charge in [0.25, 0.3) is 0 Å². The van der Waals surface area contributed by atoms with Gasteiger partial charge >= 0.3 is 11.9 Å². The van der Waals surface area contributed by atoms with E-state index in [0.29, 0.717) is 19.3 Å². The normalized spacial score (nSPS) is 20.3. The van der Waals surface area contributed by atoms with Gasteiger partial charge in [-0.1, -0.05) is 164 Å². The molecule has 61 heavy (non-hydrogen) atoms. The summed E-state index contributed by atoms with van der Waals surface area (Å²) >= 11 is 0. The van der Waals surface area contributed by atoms with Crippen LogP contribution in [0.25, 0.3) is 0 Å². The Balaban J connectivity index is 2.36. The van der Waals surface area contributed by atoms with Crippen molar-refractivity contribution in [1.29, 1.82) is 0 Å².